The van der Waals surface area contributed by atoms with Crippen molar-refractivity contribution in [3.8, 4) is 23.0 Å². The van der Waals surface area contributed by atoms with E-state index >= 15 is 0 Å². The minimum atomic E-state index is -3.21. The molecular weight excluding hydrogens is 563 g/mol. The van der Waals surface area contributed by atoms with E-state index in [4.69, 9.17) is 14.2 Å². The number of carboxylic acid groups (broad SMARTS) is 1. The molecule has 0 atom stereocenters. The van der Waals surface area contributed by atoms with E-state index in [-0.39, 0.29) is 36.4 Å². The number of benzene rings is 4. The van der Waals surface area contributed by atoms with Gasteiger partial charge in [0.2, 0.25) is 0 Å². The molecule has 0 saturated carbocycles. The second kappa shape index (κ2) is 13.3. The van der Waals surface area contributed by atoms with Gasteiger partial charge in [-0.2, -0.15) is 0 Å². The van der Waals surface area contributed by atoms with Crippen molar-refractivity contribution in [2.75, 3.05) is 0 Å². The summed E-state index contributed by atoms with van der Waals surface area (Å²) in [5.41, 5.74) is 4.67. The molecule has 4 rings (SSSR count). The van der Waals surface area contributed by atoms with Crippen LogP contribution in [0.2, 0.25) is 0 Å². The zero-order valence-electron chi connectivity index (χ0n) is 25.4. The van der Waals surface area contributed by atoms with Gasteiger partial charge in [0.25, 0.3) is 0 Å². The Morgan fingerprint density at radius 1 is 0.767 bits per heavy atom. The van der Waals surface area contributed by atoms with Gasteiger partial charge in [0.05, 0.1) is 6.42 Å². The molecule has 0 aromatic heterocycles. The van der Waals surface area contributed by atoms with Gasteiger partial charge in [-0.05, 0) is 61.6 Å². The number of carbonyl (C=O) groups is 1. The van der Waals surface area contributed by atoms with Crippen LogP contribution in [0.5, 0.6) is 23.0 Å². The van der Waals surface area contributed by atoms with Gasteiger partial charge in [0, 0.05) is 16.5 Å². The molecule has 7 nitrogen and oxygen atoms in total. The predicted molar refractivity (Wildman–Crippen MR) is 167 cm³/mol. The van der Waals surface area contributed by atoms with Crippen molar-refractivity contribution < 1.29 is 33.2 Å². The Kier molecular flexibility index (Phi) is 9.77. The van der Waals surface area contributed by atoms with E-state index in [1.807, 2.05) is 107 Å². The first-order chi connectivity index (χ1) is 20.4. The molecule has 0 aliphatic rings. The van der Waals surface area contributed by atoms with Crippen molar-refractivity contribution in [2.45, 2.75) is 66.6 Å². The average molecular weight is 601 g/mol. The summed E-state index contributed by atoms with van der Waals surface area (Å²) >= 11 is 0. The Bertz CT molecular complexity index is 1680. The lowest BCUT2D eigenvalue weighted by molar-refractivity contribution is -0.138. The standard InChI is InChI=1S/C35H37O7P/c1-22-17-23(2)30(35(5,6)19-29(36)37)28(18-22)42-32-25(4)24(3)31(40-20-26-13-9-7-10-14-26)33(34(32)43(38)39)41-21-27-15-11-8-12-16-27/h7-18H,19-21H2,1-6H3,(H,36,37). The van der Waals surface area contributed by atoms with Crippen LogP contribution in [-0.2, 0) is 32.6 Å². The molecule has 1 N–H and O–H groups in total. The second-order valence-electron chi connectivity index (χ2n) is 11.4. The van der Waals surface area contributed by atoms with Gasteiger partial charge in [-0.25, -0.2) is 9.13 Å². The maximum atomic E-state index is 13.0. The van der Waals surface area contributed by atoms with Gasteiger partial charge < -0.3 is 19.3 Å². The Labute approximate surface area is 253 Å². The second-order valence-corrected chi connectivity index (χ2v) is 12.4. The largest absolute Gasteiger partial charge is 0.485 e. The highest BCUT2D eigenvalue weighted by molar-refractivity contribution is 7.41. The Morgan fingerprint density at radius 2 is 1.28 bits per heavy atom. The first kappa shape index (κ1) is 31.6. The third-order valence-corrected chi connectivity index (χ3v) is 8.21. The third kappa shape index (κ3) is 7.36. The molecule has 0 bridgehead atoms. The molecule has 0 radical (unpaired) electrons. The number of ether oxygens (including phenoxy) is 3. The molecule has 43 heavy (non-hydrogen) atoms. The lowest BCUT2D eigenvalue weighted by Gasteiger charge is -2.29. The number of carboxylic acids is 1. The van der Waals surface area contributed by atoms with Gasteiger partial charge >= 0.3 is 13.6 Å². The number of hydrogen-bond donors (Lipinski definition) is 1. The molecule has 0 saturated heterocycles. The van der Waals surface area contributed by atoms with Crippen LogP contribution in [0.1, 0.15) is 59.2 Å². The SMILES string of the molecule is Cc1cc(C)c(C(C)(C)CC(=O)O)c(Oc2c(C)c(C)c(OCc3ccccc3)c(OCc3ccccc3)c2P(=O)=O)c1. The van der Waals surface area contributed by atoms with Crippen LogP contribution in [0.3, 0.4) is 0 Å². The summed E-state index contributed by atoms with van der Waals surface area (Å²) in [4.78, 5) is 11.8. The van der Waals surface area contributed by atoms with E-state index in [0.29, 0.717) is 28.2 Å². The summed E-state index contributed by atoms with van der Waals surface area (Å²) < 4.78 is 45.1. The molecule has 0 heterocycles. The molecule has 4 aromatic rings. The molecule has 0 unspecified atom stereocenters. The fraction of sp³-hybridized carbons (Fsp3) is 0.286. The fourth-order valence-corrected chi connectivity index (χ4v) is 6.12. The summed E-state index contributed by atoms with van der Waals surface area (Å²) in [5, 5.41) is 9.51. The van der Waals surface area contributed by atoms with Gasteiger partial charge in [0.1, 0.15) is 19.0 Å². The number of rotatable bonds is 12. The van der Waals surface area contributed by atoms with E-state index < -0.39 is 19.1 Å². The van der Waals surface area contributed by atoms with Crippen molar-refractivity contribution in [1.29, 1.82) is 0 Å². The zero-order valence-corrected chi connectivity index (χ0v) is 26.3. The maximum Gasteiger partial charge on any atom is 0.356 e. The maximum absolute atomic E-state index is 13.0. The number of aryl methyl sites for hydroxylation is 2. The topological polar surface area (TPSA) is 99.1 Å². The highest BCUT2D eigenvalue weighted by Crippen LogP contribution is 2.45. The van der Waals surface area contributed by atoms with Gasteiger partial charge in [-0.1, -0.05) is 80.6 Å². The van der Waals surface area contributed by atoms with E-state index in [9.17, 15) is 19.0 Å². The molecular formula is C35H37O7P. The highest BCUT2D eigenvalue weighted by Gasteiger charge is 2.32. The molecule has 0 fully saturated rings. The zero-order chi connectivity index (χ0) is 31.3. The molecule has 4 aromatic carbocycles. The molecule has 224 valence electrons. The van der Waals surface area contributed by atoms with E-state index in [0.717, 1.165) is 22.3 Å². The summed E-state index contributed by atoms with van der Waals surface area (Å²) in [6, 6.07) is 22.8. The minimum absolute atomic E-state index is 0.0738. The van der Waals surface area contributed by atoms with Crippen LogP contribution in [0.15, 0.2) is 72.8 Å². The average Bonchev–Trinajstić information content (AvgIpc) is 2.93. The van der Waals surface area contributed by atoms with Crippen LogP contribution in [-0.4, -0.2) is 11.1 Å². The monoisotopic (exact) mass is 600 g/mol. The summed E-state index contributed by atoms with van der Waals surface area (Å²) in [6.45, 7) is 11.5. The Morgan fingerprint density at radius 3 is 1.79 bits per heavy atom. The molecule has 0 aliphatic heterocycles. The van der Waals surface area contributed by atoms with Crippen molar-refractivity contribution in [2.24, 2.45) is 0 Å². The van der Waals surface area contributed by atoms with Crippen LogP contribution >= 0.6 is 7.68 Å². The molecule has 0 spiro atoms. The van der Waals surface area contributed by atoms with Crippen LogP contribution in [0, 0.1) is 27.7 Å². The molecule has 0 amide bonds. The van der Waals surface area contributed by atoms with E-state index in [1.54, 1.807) is 6.92 Å². The predicted octanol–water partition coefficient (Wildman–Crippen LogP) is 8.42. The lowest BCUT2D eigenvalue weighted by atomic mass is 9.78. The van der Waals surface area contributed by atoms with Crippen molar-refractivity contribution in [1.82, 2.24) is 0 Å². The van der Waals surface area contributed by atoms with Gasteiger partial charge in [-0.3, -0.25) is 4.79 Å². The lowest BCUT2D eigenvalue weighted by Crippen LogP contribution is -2.24. The van der Waals surface area contributed by atoms with E-state index in [1.165, 1.54) is 0 Å². The highest BCUT2D eigenvalue weighted by atomic mass is 31.1. The van der Waals surface area contributed by atoms with Gasteiger partial charge in [-0.15, -0.1) is 0 Å². The number of hydrogen-bond acceptors (Lipinski definition) is 6. The summed E-state index contributed by atoms with van der Waals surface area (Å²) in [6.07, 6.45) is -0.133. The minimum Gasteiger partial charge on any atom is -0.485 e. The molecule has 0 aliphatic carbocycles. The normalized spacial score (nSPS) is 11.2. The Hall–Kier alpha value is -4.35. The van der Waals surface area contributed by atoms with E-state index in [2.05, 4.69) is 0 Å². The fourth-order valence-electron chi connectivity index (χ4n) is 5.41. The number of aliphatic carboxylic acids is 1. The first-order valence-corrected chi connectivity index (χ1v) is 15.2. The molecule has 8 heteroatoms. The van der Waals surface area contributed by atoms with Crippen molar-refractivity contribution in [3.63, 3.8) is 0 Å². The first-order valence-electron chi connectivity index (χ1n) is 14.1. The Balaban J connectivity index is 1.91. The summed E-state index contributed by atoms with van der Waals surface area (Å²) in [7, 11) is -3.21. The smallest absolute Gasteiger partial charge is 0.356 e. The van der Waals surface area contributed by atoms with Crippen molar-refractivity contribution >= 4 is 19.0 Å². The van der Waals surface area contributed by atoms with Crippen LogP contribution < -0.4 is 19.5 Å². The quantitative estimate of drug-likeness (QED) is 0.163. The van der Waals surface area contributed by atoms with Crippen LogP contribution in [0.25, 0.3) is 0 Å². The van der Waals surface area contributed by atoms with Crippen molar-refractivity contribution in [3.05, 3.63) is 112 Å². The van der Waals surface area contributed by atoms with Gasteiger partial charge in [0.15, 0.2) is 22.6 Å². The third-order valence-electron chi connectivity index (χ3n) is 7.44. The van der Waals surface area contributed by atoms with Crippen LogP contribution in [0.4, 0.5) is 0 Å². The summed E-state index contributed by atoms with van der Waals surface area (Å²) in [5.74, 6) is -0.0179.